The molecule has 1 aromatic heterocycles. The minimum absolute atomic E-state index is 0.00608. The number of benzene rings is 1. The van der Waals surface area contributed by atoms with E-state index in [9.17, 15) is 9.59 Å². The number of H-pyrrole nitrogens is 1. The number of piperazine rings is 1. The molecule has 2 aromatic rings. The Hall–Kier alpha value is -2.60. The lowest BCUT2D eigenvalue weighted by Gasteiger charge is -2.34. The summed E-state index contributed by atoms with van der Waals surface area (Å²) in [5, 5.41) is 3.88. The Kier molecular flexibility index (Phi) is 5.42. The lowest BCUT2D eigenvalue weighted by Crippen LogP contribution is -2.51. The third kappa shape index (κ3) is 3.80. The third-order valence-corrected chi connectivity index (χ3v) is 5.03. The first-order valence-electron chi connectivity index (χ1n) is 8.97. The Bertz CT molecular complexity index is 832. The SMILES string of the molecule is C=CCNC(=O)CN1CCN(C(=O)c2ccc3[nH]c(C)c(C)c3c2)CC1. The van der Waals surface area contributed by atoms with Gasteiger partial charge in [0.25, 0.3) is 5.91 Å². The molecular formula is C20H26N4O2. The third-order valence-electron chi connectivity index (χ3n) is 5.03. The minimum atomic E-state index is -0.00608. The number of hydrogen-bond donors (Lipinski definition) is 2. The lowest BCUT2D eigenvalue weighted by molar-refractivity contribution is -0.122. The van der Waals surface area contributed by atoms with Crippen LogP contribution in [0.2, 0.25) is 0 Å². The zero-order valence-electron chi connectivity index (χ0n) is 15.5. The number of hydrogen-bond acceptors (Lipinski definition) is 3. The quantitative estimate of drug-likeness (QED) is 0.805. The average Bonchev–Trinajstić information content (AvgIpc) is 2.93. The first kappa shape index (κ1) is 18.2. The summed E-state index contributed by atoms with van der Waals surface area (Å²) < 4.78 is 0. The topological polar surface area (TPSA) is 68.4 Å². The van der Waals surface area contributed by atoms with Gasteiger partial charge < -0.3 is 15.2 Å². The van der Waals surface area contributed by atoms with Crippen LogP contribution in [0.4, 0.5) is 0 Å². The largest absolute Gasteiger partial charge is 0.358 e. The van der Waals surface area contributed by atoms with Gasteiger partial charge in [-0.2, -0.15) is 0 Å². The minimum Gasteiger partial charge on any atom is -0.358 e. The second kappa shape index (κ2) is 7.74. The molecule has 0 unspecified atom stereocenters. The van der Waals surface area contributed by atoms with Crippen molar-refractivity contribution in [3.05, 3.63) is 47.7 Å². The van der Waals surface area contributed by atoms with E-state index in [1.807, 2.05) is 30.0 Å². The van der Waals surface area contributed by atoms with Crippen molar-refractivity contribution < 1.29 is 9.59 Å². The molecule has 0 radical (unpaired) electrons. The second-order valence-electron chi connectivity index (χ2n) is 6.80. The Morgan fingerprint density at radius 3 is 2.65 bits per heavy atom. The Morgan fingerprint density at radius 2 is 1.96 bits per heavy atom. The van der Waals surface area contributed by atoms with E-state index in [-0.39, 0.29) is 11.8 Å². The molecule has 26 heavy (non-hydrogen) atoms. The molecule has 2 heterocycles. The molecule has 2 amide bonds. The number of aromatic amines is 1. The monoisotopic (exact) mass is 354 g/mol. The van der Waals surface area contributed by atoms with Crippen molar-refractivity contribution in [2.24, 2.45) is 0 Å². The van der Waals surface area contributed by atoms with Crippen LogP contribution in [0, 0.1) is 13.8 Å². The fourth-order valence-corrected chi connectivity index (χ4v) is 3.33. The summed E-state index contributed by atoms with van der Waals surface area (Å²) >= 11 is 0. The molecule has 3 rings (SSSR count). The summed E-state index contributed by atoms with van der Waals surface area (Å²) in [5.74, 6) is 0.0503. The van der Waals surface area contributed by atoms with Crippen LogP contribution in [0.5, 0.6) is 0 Å². The number of rotatable bonds is 5. The van der Waals surface area contributed by atoms with E-state index in [0.717, 1.165) is 22.2 Å². The van der Waals surface area contributed by atoms with E-state index in [2.05, 4.69) is 28.7 Å². The van der Waals surface area contributed by atoms with E-state index >= 15 is 0 Å². The van der Waals surface area contributed by atoms with Gasteiger partial charge in [0.1, 0.15) is 0 Å². The maximum Gasteiger partial charge on any atom is 0.253 e. The van der Waals surface area contributed by atoms with E-state index in [1.165, 1.54) is 5.56 Å². The highest BCUT2D eigenvalue weighted by atomic mass is 16.2. The zero-order chi connectivity index (χ0) is 18.7. The van der Waals surface area contributed by atoms with Gasteiger partial charge in [-0.25, -0.2) is 0 Å². The Labute approximate surface area is 153 Å². The van der Waals surface area contributed by atoms with E-state index in [0.29, 0.717) is 39.3 Å². The number of amides is 2. The van der Waals surface area contributed by atoms with Gasteiger partial charge in [-0.3, -0.25) is 14.5 Å². The highest BCUT2D eigenvalue weighted by molar-refractivity contribution is 5.99. The summed E-state index contributed by atoms with van der Waals surface area (Å²) in [4.78, 5) is 31.9. The van der Waals surface area contributed by atoms with Crippen LogP contribution in [0.25, 0.3) is 10.9 Å². The predicted octanol–water partition coefficient (Wildman–Crippen LogP) is 1.84. The molecule has 0 atom stereocenters. The fraction of sp³-hybridized carbons (Fsp3) is 0.400. The molecule has 2 N–H and O–H groups in total. The normalized spacial score (nSPS) is 15.2. The van der Waals surface area contributed by atoms with Crippen LogP contribution in [-0.2, 0) is 4.79 Å². The number of aromatic nitrogens is 1. The molecule has 0 bridgehead atoms. The molecule has 138 valence electrons. The van der Waals surface area contributed by atoms with Crippen LogP contribution < -0.4 is 5.32 Å². The second-order valence-corrected chi connectivity index (χ2v) is 6.80. The molecular weight excluding hydrogens is 328 g/mol. The van der Waals surface area contributed by atoms with Crippen molar-refractivity contribution >= 4 is 22.7 Å². The van der Waals surface area contributed by atoms with Gasteiger partial charge in [0.2, 0.25) is 5.91 Å². The molecule has 6 nitrogen and oxygen atoms in total. The number of nitrogens with zero attached hydrogens (tertiary/aromatic N) is 2. The standard InChI is InChI=1S/C20H26N4O2/c1-4-7-21-19(25)13-23-8-10-24(11-9-23)20(26)16-5-6-18-17(12-16)14(2)15(3)22-18/h4-6,12,22H,1,7-11,13H2,2-3H3,(H,21,25). The highest BCUT2D eigenvalue weighted by Gasteiger charge is 2.23. The fourth-order valence-electron chi connectivity index (χ4n) is 3.33. The van der Waals surface area contributed by atoms with E-state index < -0.39 is 0 Å². The van der Waals surface area contributed by atoms with Crippen molar-refractivity contribution in [2.75, 3.05) is 39.3 Å². The molecule has 1 saturated heterocycles. The zero-order valence-corrected chi connectivity index (χ0v) is 15.5. The molecule has 0 spiro atoms. The predicted molar refractivity (Wildman–Crippen MR) is 103 cm³/mol. The van der Waals surface area contributed by atoms with Gasteiger partial charge in [-0.05, 0) is 37.6 Å². The maximum atomic E-state index is 12.8. The summed E-state index contributed by atoms with van der Waals surface area (Å²) in [6.45, 7) is 11.2. The summed E-state index contributed by atoms with van der Waals surface area (Å²) in [5.41, 5.74) is 4.10. The number of fused-ring (bicyclic) bond motifs is 1. The van der Waals surface area contributed by atoms with E-state index in [4.69, 9.17) is 0 Å². The first-order chi connectivity index (χ1) is 12.5. The van der Waals surface area contributed by atoms with Crippen LogP contribution >= 0.6 is 0 Å². The average molecular weight is 354 g/mol. The van der Waals surface area contributed by atoms with Crippen LogP contribution in [0.1, 0.15) is 21.6 Å². The van der Waals surface area contributed by atoms with Gasteiger partial charge in [0, 0.05) is 54.9 Å². The van der Waals surface area contributed by atoms with Crippen molar-refractivity contribution in [2.45, 2.75) is 13.8 Å². The Balaban J connectivity index is 1.61. The van der Waals surface area contributed by atoms with Crippen LogP contribution in [0.3, 0.4) is 0 Å². The highest BCUT2D eigenvalue weighted by Crippen LogP contribution is 2.23. The van der Waals surface area contributed by atoms with Crippen molar-refractivity contribution in [1.29, 1.82) is 0 Å². The van der Waals surface area contributed by atoms with Gasteiger partial charge in [0.05, 0.1) is 6.54 Å². The summed E-state index contributed by atoms with van der Waals surface area (Å²) in [6, 6.07) is 5.84. The maximum absolute atomic E-state index is 12.8. The molecule has 6 heteroatoms. The van der Waals surface area contributed by atoms with Crippen molar-refractivity contribution in [1.82, 2.24) is 20.1 Å². The molecule has 1 aliphatic heterocycles. The Morgan fingerprint density at radius 1 is 1.23 bits per heavy atom. The van der Waals surface area contributed by atoms with Gasteiger partial charge in [-0.15, -0.1) is 6.58 Å². The van der Waals surface area contributed by atoms with Crippen LogP contribution in [0.15, 0.2) is 30.9 Å². The number of carbonyl (C=O) groups is 2. The molecule has 1 aromatic carbocycles. The van der Waals surface area contributed by atoms with E-state index in [1.54, 1.807) is 6.08 Å². The van der Waals surface area contributed by atoms with Gasteiger partial charge in [-0.1, -0.05) is 6.08 Å². The molecule has 0 aliphatic carbocycles. The number of nitrogens with one attached hydrogen (secondary N) is 2. The smallest absolute Gasteiger partial charge is 0.253 e. The van der Waals surface area contributed by atoms with Gasteiger partial charge in [0.15, 0.2) is 0 Å². The molecule has 1 fully saturated rings. The summed E-state index contributed by atoms with van der Waals surface area (Å²) in [7, 11) is 0. The van der Waals surface area contributed by atoms with Gasteiger partial charge >= 0.3 is 0 Å². The molecule has 0 saturated carbocycles. The van der Waals surface area contributed by atoms with Crippen molar-refractivity contribution in [3.8, 4) is 0 Å². The number of aryl methyl sites for hydroxylation is 2. The molecule has 1 aliphatic rings. The van der Waals surface area contributed by atoms with Crippen LogP contribution in [-0.4, -0.2) is 65.9 Å². The first-order valence-corrected chi connectivity index (χ1v) is 8.97. The number of carbonyl (C=O) groups excluding carboxylic acids is 2. The van der Waals surface area contributed by atoms with Crippen molar-refractivity contribution in [3.63, 3.8) is 0 Å². The lowest BCUT2D eigenvalue weighted by atomic mass is 10.1. The summed E-state index contributed by atoms with van der Waals surface area (Å²) in [6.07, 6.45) is 1.67.